The Bertz CT molecular complexity index is 517. The number of hydrogen-bond acceptors (Lipinski definition) is 3. The number of rotatable bonds is 7. The normalized spacial score (nSPS) is 13.5. The molecule has 0 spiro atoms. The van der Waals surface area contributed by atoms with Crippen LogP contribution in [-0.4, -0.2) is 14.5 Å². The smallest absolute Gasteiger partial charge is 0.243 e. The van der Waals surface area contributed by atoms with Gasteiger partial charge in [-0.3, -0.25) is 0 Å². The van der Waals surface area contributed by atoms with Crippen molar-refractivity contribution in [2.24, 2.45) is 5.73 Å². The lowest BCUT2D eigenvalue weighted by atomic mass is 10.1. The second-order valence-corrected chi connectivity index (χ2v) is 6.17. The van der Waals surface area contributed by atoms with Gasteiger partial charge in [-0.2, -0.15) is 0 Å². The fourth-order valence-electron chi connectivity index (χ4n) is 1.87. The zero-order valence-electron chi connectivity index (χ0n) is 11.3. The highest BCUT2D eigenvalue weighted by molar-refractivity contribution is 7.89. The maximum atomic E-state index is 13.8. The number of halogens is 1. The second kappa shape index (κ2) is 6.98. The molecule has 0 aliphatic heterocycles. The van der Waals surface area contributed by atoms with Crippen molar-refractivity contribution in [2.45, 2.75) is 50.6 Å². The van der Waals surface area contributed by atoms with Gasteiger partial charge in [0, 0.05) is 12.6 Å². The summed E-state index contributed by atoms with van der Waals surface area (Å²) >= 11 is 0. The molecule has 0 aliphatic rings. The highest BCUT2D eigenvalue weighted by atomic mass is 32.2. The van der Waals surface area contributed by atoms with Gasteiger partial charge in [-0.15, -0.1) is 0 Å². The van der Waals surface area contributed by atoms with Crippen LogP contribution in [0.1, 0.15) is 38.7 Å². The van der Waals surface area contributed by atoms with Gasteiger partial charge >= 0.3 is 0 Å². The van der Waals surface area contributed by atoms with Gasteiger partial charge in [-0.25, -0.2) is 17.5 Å². The summed E-state index contributed by atoms with van der Waals surface area (Å²) in [5.41, 5.74) is 5.95. The van der Waals surface area contributed by atoms with E-state index in [2.05, 4.69) is 4.72 Å². The third-order valence-electron chi connectivity index (χ3n) is 2.97. The van der Waals surface area contributed by atoms with Gasteiger partial charge in [-0.05, 0) is 30.5 Å². The van der Waals surface area contributed by atoms with Crippen molar-refractivity contribution in [2.75, 3.05) is 0 Å². The minimum Gasteiger partial charge on any atom is -0.326 e. The van der Waals surface area contributed by atoms with Crippen LogP contribution in [0.5, 0.6) is 0 Å². The average molecular weight is 288 g/mol. The second-order valence-electron chi connectivity index (χ2n) is 4.48. The van der Waals surface area contributed by atoms with Crippen LogP contribution in [0.4, 0.5) is 4.39 Å². The van der Waals surface area contributed by atoms with Crippen molar-refractivity contribution in [1.82, 2.24) is 4.72 Å². The molecule has 3 N–H and O–H groups in total. The van der Waals surface area contributed by atoms with Gasteiger partial charge in [0.2, 0.25) is 10.0 Å². The lowest BCUT2D eigenvalue weighted by Gasteiger charge is -2.16. The maximum Gasteiger partial charge on any atom is 0.243 e. The monoisotopic (exact) mass is 288 g/mol. The van der Waals surface area contributed by atoms with Gasteiger partial charge < -0.3 is 5.73 Å². The maximum absolute atomic E-state index is 13.8. The molecular formula is C13H21FN2O2S. The highest BCUT2D eigenvalue weighted by Gasteiger charge is 2.22. The molecule has 0 radical (unpaired) electrons. The summed E-state index contributed by atoms with van der Waals surface area (Å²) in [5.74, 6) is -0.762. The molecule has 0 heterocycles. The van der Waals surface area contributed by atoms with E-state index in [9.17, 15) is 12.8 Å². The first-order valence-corrected chi connectivity index (χ1v) is 7.93. The summed E-state index contributed by atoms with van der Waals surface area (Å²) in [6.45, 7) is 4.06. The highest BCUT2D eigenvalue weighted by Crippen LogP contribution is 2.17. The summed E-state index contributed by atoms with van der Waals surface area (Å²) in [4.78, 5) is -0.320. The summed E-state index contributed by atoms with van der Waals surface area (Å²) in [7, 11) is -3.82. The topological polar surface area (TPSA) is 72.2 Å². The summed E-state index contributed by atoms with van der Waals surface area (Å²) < 4.78 is 40.6. The molecule has 0 bridgehead atoms. The first-order valence-electron chi connectivity index (χ1n) is 6.45. The van der Waals surface area contributed by atoms with E-state index >= 15 is 0 Å². The van der Waals surface area contributed by atoms with Crippen LogP contribution < -0.4 is 10.5 Å². The summed E-state index contributed by atoms with van der Waals surface area (Å²) in [6, 6.07) is 3.79. The van der Waals surface area contributed by atoms with Gasteiger partial charge in [0.05, 0.1) is 0 Å². The molecule has 19 heavy (non-hydrogen) atoms. The summed E-state index contributed by atoms with van der Waals surface area (Å²) in [5, 5.41) is 0. The van der Waals surface area contributed by atoms with E-state index in [4.69, 9.17) is 5.73 Å². The molecule has 1 unspecified atom stereocenters. The first-order chi connectivity index (χ1) is 8.94. The Morgan fingerprint density at radius 3 is 2.53 bits per heavy atom. The van der Waals surface area contributed by atoms with Gasteiger partial charge in [-0.1, -0.05) is 26.3 Å². The zero-order chi connectivity index (χ0) is 14.5. The Labute approximate surface area is 114 Å². The quantitative estimate of drug-likeness (QED) is 0.807. The van der Waals surface area contributed by atoms with Crippen LogP contribution in [-0.2, 0) is 16.6 Å². The molecule has 1 rings (SSSR count). The molecular weight excluding hydrogens is 267 g/mol. The SMILES string of the molecule is CCCC(CC)NS(=O)(=O)c1ccc(CN)cc1F. The number of benzene rings is 1. The van der Waals surface area contributed by atoms with E-state index in [1.165, 1.54) is 12.1 Å². The molecule has 1 aromatic carbocycles. The van der Waals surface area contributed by atoms with Gasteiger partial charge in [0.15, 0.2) is 0 Å². The molecule has 108 valence electrons. The number of nitrogens with one attached hydrogen (secondary N) is 1. The van der Waals surface area contributed by atoms with Crippen LogP contribution in [0.15, 0.2) is 23.1 Å². The van der Waals surface area contributed by atoms with Crippen molar-refractivity contribution < 1.29 is 12.8 Å². The van der Waals surface area contributed by atoms with Crippen LogP contribution >= 0.6 is 0 Å². The molecule has 0 amide bonds. The zero-order valence-corrected chi connectivity index (χ0v) is 12.1. The predicted molar refractivity (Wildman–Crippen MR) is 73.6 cm³/mol. The standard InChI is InChI=1S/C13H21FN2O2S/c1-3-5-11(4-2)16-19(17,18)13-7-6-10(9-15)8-12(13)14/h6-8,11,16H,3-5,9,15H2,1-2H3. The van der Waals surface area contributed by atoms with E-state index in [0.29, 0.717) is 12.0 Å². The fraction of sp³-hybridized carbons (Fsp3) is 0.538. The van der Waals surface area contributed by atoms with Crippen LogP contribution in [0.2, 0.25) is 0 Å². The molecule has 0 aromatic heterocycles. The van der Waals surface area contributed by atoms with Gasteiger partial charge in [0.25, 0.3) is 0 Å². The molecule has 0 saturated carbocycles. The van der Waals surface area contributed by atoms with Crippen LogP contribution in [0, 0.1) is 5.82 Å². The largest absolute Gasteiger partial charge is 0.326 e. The molecule has 4 nitrogen and oxygen atoms in total. The Morgan fingerprint density at radius 2 is 2.05 bits per heavy atom. The third-order valence-corrected chi connectivity index (χ3v) is 4.53. The molecule has 6 heteroatoms. The lowest BCUT2D eigenvalue weighted by molar-refractivity contribution is 0.505. The number of hydrogen-bond donors (Lipinski definition) is 2. The number of nitrogens with two attached hydrogens (primary N) is 1. The summed E-state index contributed by atoms with van der Waals surface area (Å²) in [6.07, 6.45) is 2.28. The van der Waals surface area contributed by atoms with E-state index < -0.39 is 15.8 Å². The lowest BCUT2D eigenvalue weighted by Crippen LogP contribution is -2.34. The van der Waals surface area contributed by atoms with Crippen LogP contribution in [0.3, 0.4) is 0 Å². The van der Waals surface area contributed by atoms with E-state index in [-0.39, 0.29) is 17.5 Å². The minimum atomic E-state index is -3.82. The molecule has 0 fully saturated rings. The molecule has 1 aromatic rings. The van der Waals surface area contributed by atoms with E-state index in [1.54, 1.807) is 0 Å². The fourth-order valence-corrected chi connectivity index (χ4v) is 3.28. The van der Waals surface area contributed by atoms with Crippen molar-refractivity contribution in [3.63, 3.8) is 0 Å². The average Bonchev–Trinajstić information content (AvgIpc) is 2.37. The number of sulfonamides is 1. The van der Waals surface area contributed by atoms with Crippen LogP contribution in [0.25, 0.3) is 0 Å². The first kappa shape index (κ1) is 16.1. The van der Waals surface area contributed by atoms with Crippen molar-refractivity contribution in [1.29, 1.82) is 0 Å². The molecule has 1 atom stereocenters. The van der Waals surface area contributed by atoms with Crippen molar-refractivity contribution >= 4 is 10.0 Å². The predicted octanol–water partition coefficient (Wildman–Crippen LogP) is 2.14. The molecule has 0 saturated heterocycles. The Kier molecular flexibility index (Phi) is 5.90. The van der Waals surface area contributed by atoms with Crippen molar-refractivity contribution in [3.8, 4) is 0 Å². The van der Waals surface area contributed by atoms with E-state index in [0.717, 1.165) is 18.9 Å². The van der Waals surface area contributed by atoms with E-state index in [1.807, 2.05) is 13.8 Å². The molecule has 0 aliphatic carbocycles. The van der Waals surface area contributed by atoms with Gasteiger partial charge in [0.1, 0.15) is 10.7 Å². The Hall–Kier alpha value is -0.980. The Morgan fingerprint density at radius 1 is 1.37 bits per heavy atom. The Balaban J connectivity index is 3.00. The third kappa shape index (κ3) is 4.26. The minimum absolute atomic E-state index is 0.163. The van der Waals surface area contributed by atoms with Crippen molar-refractivity contribution in [3.05, 3.63) is 29.6 Å².